The highest BCUT2D eigenvalue weighted by Crippen LogP contribution is 2.44. The maximum atomic E-state index is 11.9. The van der Waals surface area contributed by atoms with Crippen LogP contribution in [-0.2, 0) is 38.6 Å². The molecule has 0 saturated carbocycles. The average Bonchev–Trinajstić information content (AvgIpc) is 2.99. The minimum Gasteiger partial charge on any atom is -0.507 e. The smallest absolute Gasteiger partial charge is 0.305 e. The Labute approximate surface area is 263 Å². The lowest BCUT2D eigenvalue weighted by Crippen LogP contribution is -2.22. The number of carbonyl (C=O) groups excluding carboxylic acids is 1. The molecule has 0 unspecified atom stereocenters. The number of benzene rings is 4. The van der Waals surface area contributed by atoms with Gasteiger partial charge in [0.1, 0.15) is 11.5 Å². The van der Waals surface area contributed by atoms with Gasteiger partial charge < -0.3 is 14.9 Å². The van der Waals surface area contributed by atoms with E-state index in [0.717, 1.165) is 44.5 Å². The monoisotopic (exact) mass is 592 g/mol. The lowest BCUT2D eigenvalue weighted by Gasteiger charge is -2.31. The maximum absolute atomic E-state index is 11.9. The van der Waals surface area contributed by atoms with Crippen molar-refractivity contribution in [3.8, 4) is 11.5 Å². The van der Waals surface area contributed by atoms with Crippen LogP contribution in [0.25, 0.3) is 0 Å². The number of aromatic hydroxyl groups is 2. The number of hydrogen-bond donors (Lipinski definition) is 2. The number of phenols is 2. The predicted molar refractivity (Wildman–Crippen MR) is 180 cm³/mol. The van der Waals surface area contributed by atoms with Crippen molar-refractivity contribution in [1.29, 1.82) is 0 Å². The largest absolute Gasteiger partial charge is 0.507 e. The number of esters is 1. The van der Waals surface area contributed by atoms with E-state index in [1.807, 2.05) is 36.4 Å². The molecule has 0 radical (unpaired) electrons. The zero-order chi connectivity index (χ0) is 32.3. The molecule has 0 aliphatic rings. The Balaban J connectivity index is 1.86. The first-order chi connectivity index (χ1) is 20.7. The summed E-state index contributed by atoms with van der Waals surface area (Å²) in [4.78, 5) is 11.8. The van der Waals surface area contributed by atoms with Crippen LogP contribution in [0.15, 0.2) is 84.9 Å². The van der Waals surface area contributed by atoms with E-state index in [4.69, 9.17) is 4.74 Å². The van der Waals surface area contributed by atoms with Gasteiger partial charge in [-0.05, 0) is 51.6 Å². The van der Waals surface area contributed by atoms with E-state index in [0.29, 0.717) is 31.4 Å². The quantitative estimate of drug-likeness (QED) is 0.180. The van der Waals surface area contributed by atoms with Crippen LogP contribution in [-0.4, -0.2) is 23.3 Å². The standard InChI is InChI=1S/C40H48O4/c1-38(2,3)32-25-28(26-34(37(32)43)40(6,7)31-19-13-10-14-20-31)23-29-22-27(16-15-21-35(41)44-8)24-33(36(29)42)39(4,5)30-17-11-9-12-18-30/h9-14,17-20,22,24-26,42-43H,15-16,21,23H2,1-8H3. The molecule has 4 heteroatoms. The first-order valence-corrected chi connectivity index (χ1v) is 15.6. The van der Waals surface area contributed by atoms with Gasteiger partial charge in [0.05, 0.1) is 7.11 Å². The second kappa shape index (κ2) is 12.9. The molecule has 0 atom stereocenters. The van der Waals surface area contributed by atoms with Gasteiger partial charge in [0.15, 0.2) is 0 Å². The van der Waals surface area contributed by atoms with Gasteiger partial charge in [0.25, 0.3) is 0 Å². The third-order valence-corrected chi connectivity index (χ3v) is 9.03. The second-order valence-electron chi connectivity index (χ2n) is 14.0. The van der Waals surface area contributed by atoms with Gasteiger partial charge in [-0.15, -0.1) is 0 Å². The number of phenolic OH excluding ortho intramolecular Hbond substituents is 2. The summed E-state index contributed by atoms with van der Waals surface area (Å²) < 4.78 is 4.87. The first-order valence-electron chi connectivity index (χ1n) is 15.6. The highest BCUT2D eigenvalue weighted by atomic mass is 16.5. The summed E-state index contributed by atoms with van der Waals surface area (Å²) in [7, 11) is 1.41. The van der Waals surface area contributed by atoms with Crippen LogP contribution in [0.2, 0.25) is 0 Å². The topological polar surface area (TPSA) is 66.8 Å². The molecule has 232 valence electrons. The Morgan fingerprint density at radius 3 is 1.64 bits per heavy atom. The highest BCUT2D eigenvalue weighted by Gasteiger charge is 2.32. The fraction of sp³-hybridized carbons (Fsp3) is 0.375. The second-order valence-corrected chi connectivity index (χ2v) is 14.0. The zero-order valence-corrected chi connectivity index (χ0v) is 27.6. The molecule has 0 aliphatic carbocycles. The predicted octanol–water partition coefficient (Wildman–Crippen LogP) is 9.13. The molecule has 0 heterocycles. The van der Waals surface area contributed by atoms with Gasteiger partial charge in [-0.25, -0.2) is 0 Å². The Kier molecular flexibility index (Phi) is 9.63. The van der Waals surface area contributed by atoms with Crippen molar-refractivity contribution < 1.29 is 19.7 Å². The number of methoxy groups -OCH3 is 1. The van der Waals surface area contributed by atoms with Gasteiger partial charge in [0, 0.05) is 34.8 Å². The third-order valence-electron chi connectivity index (χ3n) is 9.03. The fourth-order valence-corrected chi connectivity index (χ4v) is 6.14. The van der Waals surface area contributed by atoms with Crippen molar-refractivity contribution in [2.75, 3.05) is 7.11 Å². The van der Waals surface area contributed by atoms with Gasteiger partial charge >= 0.3 is 5.97 Å². The van der Waals surface area contributed by atoms with Crippen molar-refractivity contribution in [2.45, 2.75) is 90.4 Å². The number of hydrogen-bond acceptors (Lipinski definition) is 4. The molecule has 4 nitrogen and oxygen atoms in total. The van der Waals surface area contributed by atoms with E-state index in [9.17, 15) is 15.0 Å². The van der Waals surface area contributed by atoms with Crippen LogP contribution in [0.3, 0.4) is 0 Å². The van der Waals surface area contributed by atoms with Gasteiger partial charge in [0.2, 0.25) is 0 Å². The Morgan fingerprint density at radius 2 is 1.14 bits per heavy atom. The van der Waals surface area contributed by atoms with Gasteiger partial charge in [-0.1, -0.05) is 133 Å². The summed E-state index contributed by atoms with van der Waals surface area (Å²) >= 11 is 0. The number of ether oxygens (including phenoxy) is 1. The van der Waals surface area contributed by atoms with E-state index in [1.54, 1.807) is 0 Å². The van der Waals surface area contributed by atoms with Crippen LogP contribution < -0.4 is 0 Å². The van der Waals surface area contributed by atoms with Crippen molar-refractivity contribution in [3.63, 3.8) is 0 Å². The first kappa shape index (κ1) is 32.9. The highest BCUT2D eigenvalue weighted by molar-refractivity contribution is 5.69. The van der Waals surface area contributed by atoms with Crippen LogP contribution >= 0.6 is 0 Å². The van der Waals surface area contributed by atoms with Crippen molar-refractivity contribution in [2.24, 2.45) is 0 Å². The summed E-state index contributed by atoms with van der Waals surface area (Å²) in [5.41, 5.74) is 6.57. The Hall–Kier alpha value is -4.05. The summed E-state index contributed by atoms with van der Waals surface area (Å²) in [6.07, 6.45) is 2.19. The molecule has 4 aromatic rings. The van der Waals surface area contributed by atoms with Crippen LogP contribution in [0.5, 0.6) is 11.5 Å². The molecular formula is C40H48O4. The molecule has 2 N–H and O–H groups in total. The minimum absolute atomic E-state index is 0.221. The third kappa shape index (κ3) is 7.01. The molecule has 0 aliphatic heterocycles. The van der Waals surface area contributed by atoms with E-state index >= 15 is 0 Å². The number of carbonyl (C=O) groups is 1. The minimum atomic E-state index is -0.454. The van der Waals surface area contributed by atoms with Crippen molar-refractivity contribution in [3.05, 3.63) is 129 Å². The molecule has 0 amide bonds. The lowest BCUT2D eigenvalue weighted by atomic mass is 9.73. The van der Waals surface area contributed by atoms with E-state index in [2.05, 4.69) is 97.0 Å². The normalized spacial score (nSPS) is 12.3. The van der Waals surface area contributed by atoms with Crippen LogP contribution in [0.4, 0.5) is 0 Å². The van der Waals surface area contributed by atoms with E-state index in [-0.39, 0.29) is 17.1 Å². The number of rotatable bonds is 10. The molecular weight excluding hydrogens is 544 g/mol. The van der Waals surface area contributed by atoms with Crippen molar-refractivity contribution in [1.82, 2.24) is 0 Å². The molecule has 4 aromatic carbocycles. The van der Waals surface area contributed by atoms with Gasteiger partial charge in [-0.2, -0.15) is 0 Å². The summed E-state index contributed by atoms with van der Waals surface area (Å²) in [6, 6.07) is 28.9. The van der Waals surface area contributed by atoms with E-state index < -0.39 is 10.8 Å². The van der Waals surface area contributed by atoms with Crippen LogP contribution in [0, 0.1) is 0 Å². The molecule has 4 rings (SSSR count). The van der Waals surface area contributed by atoms with Crippen LogP contribution in [0.1, 0.15) is 106 Å². The summed E-state index contributed by atoms with van der Waals surface area (Å²) in [5.74, 6) is 0.382. The molecule has 0 fully saturated rings. The molecule has 0 saturated heterocycles. The molecule has 44 heavy (non-hydrogen) atoms. The SMILES string of the molecule is COC(=O)CCCc1cc(Cc2cc(C(C)(C)C)c(O)c(C(C)(C)c3ccccc3)c2)c(O)c(C(C)(C)c2ccccc2)c1. The summed E-state index contributed by atoms with van der Waals surface area (Å²) in [6.45, 7) is 14.9. The molecule has 0 aromatic heterocycles. The van der Waals surface area contributed by atoms with Gasteiger partial charge in [-0.3, -0.25) is 4.79 Å². The average molecular weight is 593 g/mol. The lowest BCUT2D eigenvalue weighted by molar-refractivity contribution is -0.140. The summed E-state index contributed by atoms with van der Waals surface area (Å²) in [5, 5.41) is 23.6. The Morgan fingerprint density at radius 1 is 0.659 bits per heavy atom. The van der Waals surface area contributed by atoms with Crippen molar-refractivity contribution >= 4 is 5.97 Å². The van der Waals surface area contributed by atoms with E-state index in [1.165, 1.54) is 7.11 Å². The Bertz CT molecular complexity index is 1590. The molecule has 0 spiro atoms. The fourth-order valence-electron chi connectivity index (χ4n) is 6.14. The molecule has 0 bridgehead atoms. The zero-order valence-electron chi connectivity index (χ0n) is 27.6. The number of aryl methyl sites for hydroxylation is 1. The maximum Gasteiger partial charge on any atom is 0.305 e.